The van der Waals surface area contributed by atoms with Crippen LogP contribution in [0.25, 0.3) is 11.8 Å². The molecule has 9 heteroatoms. The summed E-state index contributed by atoms with van der Waals surface area (Å²) in [6.45, 7) is 1.94. The lowest BCUT2D eigenvalue weighted by Crippen LogP contribution is -2.40. The second-order valence-corrected chi connectivity index (χ2v) is 9.89. The highest BCUT2D eigenvalue weighted by molar-refractivity contribution is 7.08. The molecule has 7 nitrogen and oxygen atoms in total. The first-order chi connectivity index (χ1) is 18.0. The molecule has 188 valence electrons. The zero-order valence-corrected chi connectivity index (χ0v) is 22.1. The molecule has 1 aliphatic rings. The van der Waals surface area contributed by atoms with E-state index in [-0.39, 0.29) is 17.7 Å². The van der Waals surface area contributed by atoms with Crippen molar-refractivity contribution in [1.82, 2.24) is 4.57 Å². The average molecular weight is 533 g/mol. The summed E-state index contributed by atoms with van der Waals surface area (Å²) >= 11 is 2.85. The number of nitrogens with zero attached hydrogens (tertiary/aromatic N) is 2. The smallest absolute Gasteiger partial charge is 0.338 e. The van der Waals surface area contributed by atoms with Gasteiger partial charge in [-0.05, 0) is 53.1 Å². The first-order valence-corrected chi connectivity index (χ1v) is 13.3. The van der Waals surface area contributed by atoms with Crippen LogP contribution in [0.3, 0.4) is 0 Å². The van der Waals surface area contributed by atoms with Crippen molar-refractivity contribution in [3.63, 3.8) is 0 Å². The van der Waals surface area contributed by atoms with Gasteiger partial charge in [-0.1, -0.05) is 47.7 Å². The summed E-state index contributed by atoms with van der Waals surface area (Å²) in [6, 6.07) is 16.0. The minimum Gasteiger partial charge on any atom is -0.493 e. The minimum absolute atomic E-state index is 0.186. The molecule has 37 heavy (non-hydrogen) atoms. The van der Waals surface area contributed by atoms with Gasteiger partial charge in [0.15, 0.2) is 16.3 Å². The molecule has 0 fully saturated rings. The number of fused-ring (bicyclic) bond motifs is 1. The van der Waals surface area contributed by atoms with Crippen molar-refractivity contribution in [3.8, 4) is 11.5 Å². The first kappa shape index (κ1) is 24.7. The number of carbonyl (C=O) groups excluding carboxylic acids is 1. The average Bonchev–Trinajstić information content (AvgIpc) is 3.55. The van der Waals surface area contributed by atoms with Gasteiger partial charge in [0.25, 0.3) is 5.56 Å². The fraction of sp³-hybridized carbons (Fsp3) is 0.179. The Morgan fingerprint density at radius 1 is 1.08 bits per heavy atom. The van der Waals surface area contributed by atoms with Gasteiger partial charge in [-0.25, -0.2) is 9.79 Å². The number of thiazole rings is 1. The normalized spacial score (nSPS) is 15.2. The molecular weight excluding hydrogens is 508 g/mol. The molecule has 1 aliphatic heterocycles. The molecule has 0 saturated heterocycles. The molecule has 4 aromatic rings. The van der Waals surface area contributed by atoms with Gasteiger partial charge in [-0.3, -0.25) is 9.36 Å². The van der Waals surface area contributed by atoms with Gasteiger partial charge in [0.05, 0.1) is 42.7 Å². The van der Waals surface area contributed by atoms with E-state index in [2.05, 4.69) is 0 Å². The summed E-state index contributed by atoms with van der Waals surface area (Å²) in [6.07, 6.45) is 1.85. The van der Waals surface area contributed by atoms with Gasteiger partial charge in [0.2, 0.25) is 0 Å². The quantitative estimate of drug-likeness (QED) is 0.336. The van der Waals surface area contributed by atoms with Crippen LogP contribution in [0.15, 0.2) is 80.7 Å². The molecule has 0 radical (unpaired) electrons. The predicted molar refractivity (Wildman–Crippen MR) is 145 cm³/mol. The van der Waals surface area contributed by atoms with E-state index in [0.29, 0.717) is 32.1 Å². The number of hydrogen-bond acceptors (Lipinski definition) is 8. The van der Waals surface area contributed by atoms with Crippen LogP contribution in [-0.2, 0) is 9.53 Å². The van der Waals surface area contributed by atoms with Crippen molar-refractivity contribution in [2.24, 2.45) is 4.99 Å². The molecular formula is C28H24N2O5S2. The molecule has 0 spiro atoms. The van der Waals surface area contributed by atoms with Crippen molar-refractivity contribution >= 4 is 40.4 Å². The number of carbonyl (C=O) groups is 1. The third kappa shape index (κ3) is 4.63. The Labute approximate surface area is 221 Å². The van der Waals surface area contributed by atoms with Gasteiger partial charge in [-0.15, -0.1) is 0 Å². The molecule has 0 saturated carbocycles. The van der Waals surface area contributed by atoms with Crippen molar-refractivity contribution in [2.45, 2.75) is 13.0 Å². The Bertz CT molecular complexity index is 1650. The molecule has 0 aliphatic carbocycles. The Kier molecular flexibility index (Phi) is 7.07. The van der Waals surface area contributed by atoms with Crippen LogP contribution in [0.2, 0.25) is 0 Å². The Balaban J connectivity index is 1.85. The van der Waals surface area contributed by atoms with Gasteiger partial charge in [0.1, 0.15) is 0 Å². The highest BCUT2D eigenvalue weighted by Gasteiger charge is 2.35. The number of thiophene rings is 1. The summed E-state index contributed by atoms with van der Waals surface area (Å²) in [5, 5.41) is 3.94. The third-order valence-electron chi connectivity index (χ3n) is 5.94. The predicted octanol–water partition coefficient (Wildman–Crippen LogP) is 4.01. The van der Waals surface area contributed by atoms with E-state index < -0.39 is 12.0 Å². The molecule has 0 bridgehead atoms. The lowest BCUT2D eigenvalue weighted by molar-refractivity contribution is -0.138. The topological polar surface area (TPSA) is 79.1 Å². The van der Waals surface area contributed by atoms with Gasteiger partial charge in [0, 0.05) is 5.56 Å². The fourth-order valence-corrected chi connectivity index (χ4v) is 5.91. The van der Waals surface area contributed by atoms with Crippen LogP contribution in [0.1, 0.15) is 29.7 Å². The lowest BCUT2D eigenvalue weighted by Gasteiger charge is -2.26. The van der Waals surface area contributed by atoms with Gasteiger partial charge < -0.3 is 14.2 Å². The number of benzene rings is 2. The standard InChI is InChI=1S/C28H24N2O5S2/c1-4-35-27(32)23-24(18-8-6-5-7-9-18)29-28-30(26(31)22(37-28)14-17-12-13-36-16-17)25(23)19-10-11-20(33-2)21(15-19)34-3/h5-16,25H,4H2,1-3H3/b22-14+/t25-/m0/s1. The highest BCUT2D eigenvalue weighted by Crippen LogP contribution is 2.38. The molecule has 0 amide bonds. The van der Waals surface area contributed by atoms with Crippen LogP contribution in [0.4, 0.5) is 0 Å². The van der Waals surface area contributed by atoms with E-state index in [1.807, 2.05) is 59.3 Å². The van der Waals surface area contributed by atoms with Crippen LogP contribution < -0.4 is 24.4 Å². The van der Waals surface area contributed by atoms with E-state index in [9.17, 15) is 9.59 Å². The minimum atomic E-state index is -0.782. The molecule has 3 heterocycles. The summed E-state index contributed by atoms with van der Waals surface area (Å²) < 4.78 is 18.6. The molecule has 0 N–H and O–H groups in total. The molecule has 2 aromatic heterocycles. The van der Waals surface area contributed by atoms with E-state index in [4.69, 9.17) is 19.2 Å². The molecule has 2 aromatic carbocycles. The lowest BCUT2D eigenvalue weighted by atomic mass is 9.93. The fourth-order valence-electron chi connectivity index (χ4n) is 4.29. The maximum Gasteiger partial charge on any atom is 0.338 e. The second-order valence-electron chi connectivity index (χ2n) is 8.10. The van der Waals surface area contributed by atoms with Gasteiger partial charge in [-0.2, -0.15) is 11.3 Å². The Hall–Kier alpha value is -3.95. The van der Waals surface area contributed by atoms with Crippen LogP contribution in [-0.4, -0.2) is 31.4 Å². The summed E-state index contributed by atoms with van der Waals surface area (Å²) in [5.74, 6) is 0.500. The van der Waals surface area contributed by atoms with E-state index in [1.54, 1.807) is 49.2 Å². The van der Waals surface area contributed by atoms with E-state index >= 15 is 0 Å². The van der Waals surface area contributed by atoms with E-state index in [1.165, 1.54) is 11.3 Å². The number of aromatic nitrogens is 1. The van der Waals surface area contributed by atoms with Crippen molar-refractivity contribution in [2.75, 3.05) is 20.8 Å². The monoisotopic (exact) mass is 532 g/mol. The summed E-state index contributed by atoms with van der Waals surface area (Å²) in [7, 11) is 3.11. The highest BCUT2D eigenvalue weighted by atomic mass is 32.1. The number of methoxy groups -OCH3 is 2. The maximum absolute atomic E-state index is 13.8. The third-order valence-corrected chi connectivity index (χ3v) is 7.62. The summed E-state index contributed by atoms with van der Waals surface area (Å²) in [5.41, 5.74) is 2.89. The largest absolute Gasteiger partial charge is 0.493 e. The number of ether oxygens (including phenoxy) is 3. The molecule has 5 rings (SSSR count). The zero-order valence-electron chi connectivity index (χ0n) is 20.5. The number of hydrogen-bond donors (Lipinski definition) is 0. The summed E-state index contributed by atoms with van der Waals surface area (Å²) in [4.78, 5) is 32.7. The number of esters is 1. The maximum atomic E-state index is 13.8. The SMILES string of the molecule is CCOC(=O)C1=C(c2ccccc2)N=c2s/c(=C/c3ccsc3)c(=O)n2[C@H]1c1ccc(OC)c(OC)c1. The van der Waals surface area contributed by atoms with Crippen molar-refractivity contribution in [1.29, 1.82) is 0 Å². The van der Waals surface area contributed by atoms with Crippen molar-refractivity contribution in [3.05, 3.63) is 107 Å². The van der Waals surface area contributed by atoms with Crippen LogP contribution >= 0.6 is 22.7 Å². The van der Waals surface area contributed by atoms with Crippen molar-refractivity contribution < 1.29 is 19.0 Å². The Morgan fingerprint density at radius 3 is 2.54 bits per heavy atom. The van der Waals surface area contributed by atoms with Gasteiger partial charge >= 0.3 is 5.97 Å². The second kappa shape index (κ2) is 10.6. The molecule has 0 unspecified atom stereocenters. The van der Waals surface area contributed by atoms with Crippen LogP contribution in [0, 0.1) is 0 Å². The van der Waals surface area contributed by atoms with Crippen LogP contribution in [0.5, 0.6) is 11.5 Å². The Morgan fingerprint density at radius 2 is 1.86 bits per heavy atom. The zero-order chi connectivity index (χ0) is 25.9. The first-order valence-electron chi connectivity index (χ1n) is 11.6. The number of rotatable bonds is 7. The van der Waals surface area contributed by atoms with E-state index in [0.717, 1.165) is 11.1 Å². The molecule has 1 atom stereocenters.